The van der Waals surface area contributed by atoms with E-state index in [2.05, 4.69) is 15.2 Å². The van der Waals surface area contributed by atoms with Crippen molar-refractivity contribution < 1.29 is 14.4 Å². The number of aromatic nitrogens is 1. The molecule has 8 heteroatoms. The molecule has 0 saturated carbocycles. The summed E-state index contributed by atoms with van der Waals surface area (Å²) in [6.07, 6.45) is 5.79. The van der Waals surface area contributed by atoms with Crippen LogP contribution in [0.2, 0.25) is 0 Å². The molecular weight excluding hydrogens is 532 g/mol. The molecule has 7 nitrogen and oxygen atoms in total. The van der Waals surface area contributed by atoms with Gasteiger partial charge in [-0.2, -0.15) is 0 Å². The lowest BCUT2D eigenvalue weighted by Gasteiger charge is -2.14. The third-order valence-electron chi connectivity index (χ3n) is 7.77. The summed E-state index contributed by atoms with van der Waals surface area (Å²) in [5.74, 6) is -0.459. The van der Waals surface area contributed by atoms with Crippen LogP contribution < -0.4 is 10.6 Å². The molecule has 2 aliphatic rings. The Labute approximate surface area is 243 Å². The zero-order valence-corrected chi connectivity index (χ0v) is 24.2. The number of thiophene rings is 1. The summed E-state index contributed by atoms with van der Waals surface area (Å²) in [6, 6.07) is 18.9. The summed E-state index contributed by atoms with van der Waals surface area (Å²) in [5.41, 5.74) is 7.53. The number of fused-ring (bicyclic) bond motifs is 1. The van der Waals surface area contributed by atoms with Crippen LogP contribution in [0.3, 0.4) is 0 Å². The molecule has 4 amide bonds. The number of nitrogens with zero attached hydrogens (tertiary/aromatic N) is 2. The monoisotopic (exact) mass is 564 g/mol. The van der Waals surface area contributed by atoms with E-state index in [0.29, 0.717) is 0 Å². The number of hydrogen-bond acceptors (Lipinski definition) is 4. The summed E-state index contributed by atoms with van der Waals surface area (Å²) in [5, 5.41) is 6.75. The van der Waals surface area contributed by atoms with Crippen LogP contribution >= 0.6 is 11.3 Å². The second-order valence-electron chi connectivity index (χ2n) is 10.7. The number of para-hydroxylation sites is 1. The Bertz CT molecular complexity index is 1710. The Hall–Kier alpha value is -4.43. The molecule has 0 spiro atoms. The summed E-state index contributed by atoms with van der Waals surface area (Å²) in [6.45, 7) is 6.19. The van der Waals surface area contributed by atoms with Crippen molar-refractivity contribution in [1.82, 2.24) is 14.8 Å². The molecule has 0 radical (unpaired) electrons. The van der Waals surface area contributed by atoms with Crippen LogP contribution in [0.1, 0.15) is 61.7 Å². The van der Waals surface area contributed by atoms with E-state index in [1.54, 1.807) is 17.4 Å². The quantitative estimate of drug-likeness (QED) is 0.202. The van der Waals surface area contributed by atoms with Crippen molar-refractivity contribution >= 4 is 40.9 Å². The average Bonchev–Trinajstić information content (AvgIpc) is 3.55. The SMILES string of the molecule is Cc1cccc(CN2C(=O)N/C(=C/c3cc(C)n(-c4sc5c(c4C(=O)Nc4ccccc4)CCCC5)c3C)C2=O)c1. The number of amides is 4. The Morgan fingerprint density at radius 2 is 1.78 bits per heavy atom. The maximum absolute atomic E-state index is 13.7. The molecule has 0 atom stereocenters. The molecule has 0 bridgehead atoms. The number of anilines is 1. The number of aryl methyl sites for hydroxylation is 3. The number of nitrogens with one attached hydrogen (secondary N) is 2. The maximum Gasteiger partial charge on any atom is 0.329 e. The smallest absolute Gasteiger partial charge is 0.322 e. The normalized spacial score (nSPS) is 15.8. The van der Waals surface area contributed by atoms with Crippen molar-refractivity contribution in [2.24, 2.45) is 0 Å². The standard InChI is InChI=1S/C33H32N4O3S/c1-20-10-9-11-23(16-20)19-36-31(39)27(35-33(36)40)18-24-17-21(2)37(22(24)3)32-29(26-14-7-8-15-28(26)41-32)30(38)34-25-12-5-4-6-13-25/h4-6,9-13,16-18H,7-8,14-15,19H2,1-3H3,(H,34,38)(H,35,40)/b27-18+. The van der Waals surface area contributed by atoms with E-state index in [0.717, 1.165) is 75.6 Å². The highest BCUT2D eigenvalue weighted by Crippen LogP contribution is 2.39. The molecule has 2 aromatic heterocycles. The number of carbonyl (C=O) groups excluding carboxylic acids is 3. The number of rotatable bonds is 6. The van der Waals surface area contributed by atoms with Crippen LogP contribution in [0, 0.1) is 20.8 Å². The Kier molecular flexibility index (Phi) is 7.09. The molecule has 1 aliphatic heterocycles. The fraction of sp³-hybridized carbons (Fsp3) is 0.242. The first-order valence-corrected chi connectivity index (χ1v) is 14.7. The van der Waals surface area contributed by atoms with Crippen LogP contribution in [-0.4, -0.2) is 27.3 Å². The van der Waals surface area contributed by atoms with Crippen LogP contribution in [0.15, 0.2) is 66.4 Å². The van der Waals surface area contributed by atoms with Gasteiger partial charge in [-0.1, -0.05) is 48.0 Å². The van der Waals surface area contributed by atoms with Gasteiger partial charge in [0.25, 0.3) is 11.8 Å². The first-order valence-electron chi connectivity index (χ1n) is 13.9. The van der Waals surface area contributed by atoms with Crippen LogP contribution in [0.4, 0.5) is 10.5 Å². The third-order valence-corrected chi connectivity index (χ3v) is 9.05. The van der Waals surface area contributed by atoms with E-state index < -0.39 is 6.03 Å². The number of imide groups is 1. The van der Waals surface area contributed by atoms with Gasteiger partial charge in [0.05, 0.1) is 12.1 Å². The van der Waals surface area contributed by atoms with Gasteiger partial charge < -0.3 is 15.2 Å². The molecule has 2 aromatic carbocycles. The molecule has 1 saturated heterocycles. The summed E-state index contributed by atoms with van der Waals surface area (Å²) in [7, 11) is 0. The molecule has 6 rings (SSSR count). The lowest BCUT2D eigenvalue weighted by atomic mass is 9.95. The molecule has 4 aromatic rings. The molecule has 208 valence electrons. The Morgan fingerprint density at radius 3 is 2.56 bits per heavy atom. The van der Waals surface area contributed by atoms with Gasteiger partial charge in [-0.15, -0.1) is 11.3 Å². The molecule has 0 unspecified atom stereocenters. The first kappa shape index (κ1) is 26.8. The van der Waals surface area contributed by atoms with Crippen molar-refractivity contribution in [3.63, 3.8) is 0 Å². The third kappa shape index (κ3) is 5.11. The zero-order chi connectivity index (χ0) is 28.7. The topological polar surface area (TPSA) is 83.4 Å². The molecule has 1 fully saturated rings. The minimum Gasteiger partial charge on any atom is -0.322 e. The van der Waals surface area contributed by atoms with Gasteiger partial charge in [0.15, 0.2) is 0 Å². The number of benzene rings is 2. The number of hydrogen-bond donors (Lipinski definition) is 2. The first-order chi connectivity index (χ1) is 19.8. The molecule has 3 heterocycles. The average molecular weight is 565 g/mol. The second-order valence-corrected chi connectivity index (χ2v) is 11.8. The predicted molar refractivity (Wildman–Crippen MR) is 162 cm³/mol. The predicted octanol–water partition coefficient (Wildman–Crippen LogP) is 6.69. The lowest BCUT2D eigenvalue weighted by Crippen LogP contribution is -2.30. The van der Waals surface area contributed by atoms with Gasteiger partial charge in [0, 0.05) is 22.0 Å². The van der Waals surface area contributed by atoms with E-state index >= 15 is 0 Å². The van der Waals surface area contributed by atoms with Crippen LogP contribution in [-0.2, 0) is 24.2 Å². The summed E-state index contributed by atoms with van der Waals surface area (Å²) < 4.78 is 2.11. The molecule has 1 aliphatic carbocycles. The maximum atomic E-state index is 13.7. The van der Waals surface area contributed by atoms with Crippen molar-refractivity contribution in [3.8, 4) is 5.00 Å². The fourth-order valence-electron chi connectivity index (χ4n) is 5.77. The van der Waals surface area contributed by atoms with Gasteiger partial charge in [0.1, 0.15) is 10.7 Å². The van der Waals surface area contributed by atoms with Gasteiger partial charge in [-0.3, -0.25) is 14.5 Å². The van der Waals surface area contributed by atoms with Crippen LogP contribution in [0.25, 0.3) is 11.1 Å². The summed E-state index contributed by atoms with van der Waals surface area (Å²) >= 11 is 1.68. The highest BCUT2D eigenvalue weighted by Gasteiger charge is 2.34. The van der Waals surface area contributed by atoms with Gasteiger partial charge >= 0.3 is 6.03 Å². The molecular formula is C33H32N4O3S. The van der Waals surface area contributed by atoms with E-state index in [9.17, 15) is 14.4 Å². The Balaban J connectivity index is 1.34. The van der Waals surface area contributed by atoms with E-state index in [4.69, 9.17) is 0 Å². The van der Waals surface area contributed by atoms with Crippen molar-refractivity contribution in [2.45, 2.75) is 53.0 Å². The van der Waals surface area contributed by atoms with E-state index in [1.807, 2.05) is 81.4 Å². The zero-order valence-electron chi connectivity index (χ0n) is 23.4. The van der Waals surface area contributed by atoms with Gasteiger partial charge in [0.2, 0.25) is 0 Å². The molecule has 2 N–H and O–H groups in total. The Morgan fingerprint density at radius 1 is 1.00 bits per heavy atom. The van der Waals surface area contributed by atoms with Crippen molar-refractivity contribution in [3.05, 3.63) is 110 Å². The van der Waals surface area contributed by atoms with Crippen molar-refractivity contribution in [1.29, 1.82) is 0 Å². The van der Waals surface area contributed by atoms with E-state index in [-0.39, 0.29) is 24.1 Å². The van der Waals surface area contributed by atoms with E-state index in [1.165, 1.54) is 9.78 Å². The molecule has 41 heavy (non-hydrogen) atoms. The second kappa shape index (κ2) is 10.9. The van der Waals surface area contributed by atoms with Gasteiger partial charge in [-0.05, 0) is 87.4 Å². The van der Waals surface area contributed by atoms with Gasteiger partial charge in [-0.25, -0.2) is 4.79 Å². The minimum absolute atomic E-state index is 0.108. The minimum atomic E-state index is -0.428. The highest BCUT2D eigenvalue weighted by molar-refractivity contribution is 7.15. The lowest BCUT2D eigenvalue weighted by molar-refractivity contribution is -0.123. The summed E-state index contributed by atoms with van der Waals surface area (Å²) in [4.78, 5) is 42.2. The number of carbonyl (C=O) groups is 3. The van der Waals surface area contributed by atoms with Crippen LogP contribution in [0.5, 0.6) is 0 Å². The largest absolute Gasteiger partial charge is 0.329 e. The highest BCUT2D eigenvalue weighted by atomic mass is 32.1. The fourth-order valence-corrected chi connectivity index (χ4v) is 7.27. The number of urea groups is 1. The van der Waals surface area contributed by atoms with Crippen molar-refractivity contribution in [2.75, 3.05) is 5.32 Å².